The van der Waals surface area contributed by atoms with E-state index in [1.165, 1.54) is 0 Å². The predicted octanol–water partition coefficient (Wildman–Crippen LogP) is 2.98. The molecule has 0 bridgehead atoms. The molecular weight excluding hydrogens is 405 g/mol. The molecule has 0 saturated heterocycles. The van der Waals surface area contributed by atoms with Gasteiger partial charge in [0.15, 0.2) is 0 Å². The largest absolute Gasteiger partial charge is 0.356 e. The molecule has 0 saturated carbocycles. The zero-order valence-electron chi connectivity index (χ0n) is 10.2. The number of primary sulfonamides is 1. The van der Waals surface area contributed by atoms with Crippen LogP contribution in [-0.4, -0.2) is 19.3 Å². The van der Waals surface area contributed by atoms with E-state index in [1.54, 1.807) is 12.3 Å². The van der Waals surface area contributed by atoms with Gasteiger partial charge in [0, 0.05) is 10.7 Å². The summed E-state index contributed by atoms with van der Waals surface area (Å²) in [5, 5.41) is 7.42. The normalized spacial score (nSPS) is 11.4. The van der Waals surface area contributed by atoms with Gasteiger partial charge in [-0.25, -0.2) is 13.6 Å². The molecule has 0 unspecified atom stereocenters. The minimum absolute atomic E-state index is 0.0366. The van der Waals surface area contributed by atoms with Gasteiger partial charge in [0.1, 0.15) is 5.69 Å². The van der Waals surface area contributed by atoms with E-state index in [0.717, 1.165) is 12.1 Å². The maximum absolute atomic E-state index is 12.0. The Kier molecular flexibility index (Phi) is 4.64. The second-order valence-corrected chi connectivity index (χ2v) is 7.28. The van der Waals surface area contributed by atoms with Crippen molar-refractivity contribution in [2.45, 2.75) is 4.90 Å². The van der Waals surface area contributed by atoms with E-state index in [9.17, 15) is 13.2 Å². The van der Waals surface area contributed by atoms with E-state index in [4.69, 9.17) is 28.3 Å². The average Bonchev–Trinajstić information content (AvgIpc) is 2.79. The van der Waals surface area contributed by atoms with Gasteiger partial charge in [0.05, 0.1) is 20.6 Å². The Morgan fingerprint density at radius 1 is 1.24 bits per heavy atom. The molecule has 0 atom stereocenters. The number of nitrogens with one attached hydrogen (secondary N) is 2. The van der Waals surface area contributed by atoms with Gasteiger partial charge in [-0.1, -0.05) is 23.2 Å². The molecular formula is C11H8BrCl2N3O3S. The van der Waals surface area contributed by atoms with Crippen molar-refractivity contribution in [3.05, 3.63) is 44.6 Å². The van der Waals surface area contributed by atoms with E-state index >= 15 is 0 Å². The Morgan fingerprint density at radius 2 is 1.81 bits per heavy atom. The molecule has 2 aromatic rings. The summed E-state index contributed by atoms with van der Waals surface area (Å²) in [6.45, 7) is 0. The molecule has 1 aromatic carbocycles. The van der Waals surface area contributed by atoms with E-state index in [-0.39, 0.29) is 26.3 Å². The van der Waals surface area contributed by atoms with Gasteiger partial charge in [-0.2, -0.15) is 0 Å². The van der Waals surface area contributed by atoms with Gasteiger partial charge in [-0.15, -0.1) is 0 Å². The number of amides is 1. The fraction of sp³-hybridized carbons (Fsp3) is 0. The first-order valence-corrected chi connectivity index (χ1v) is 8.45. The first kappa shape index (κ1) is 16.3. The lowest BCUT2D eigenvalue weighted by molar-refractivity contribution is 0.102. The molecule has 4 N–H and O–H groups in total. The maximum Gasteiger partial charge on any atom is 0.272 e. The summed E-state index contributed by atoms with van der Waals surface area (Å²) in [7, 11) is -3.94. The molecule has 0 radical (unpaired) electrons. The summed E-state index contributed by atoms with van der Waals surface area (Å²) in [6, 6.07) is 3.79. The molecule has 2 rings (SSSR count). The Morgan fingerprint density at radius 3 is 2.24 bits per heavy atom. The SMILES string of the molecule is NS(=O)(=O)c1cc(Cl)c(NC(=O)c2cc(Br)c[nH]2)c(Cl)c1. The standard InChI is InChI=1S/C11H8BrCl2N3O3S/c12-5-1-9(16-4-5)11(18)17-10-7(13)2-6(3-8(10)14)21(15,19)20/h1-4,16H,(H,17,18)(H2,15,19,20). The van der Waals surface area contributed by atoms with Crippen molar-refractivity contribution >= 4 is 60.7 Å². The van der Waals surface area contributed by atoms with Crippen LogP contribution in [-0.2, 0) is 10.0 Å². The molecule has 1 heterocycles. The van der Waals surface area contributed by atoms with Crippen LogP contribution in [0.25, 0.3) is 0 Å². The van der Waals surface area contributed by atoms with Gasteiger partial charge in [0.2, 0.25) is 10.0 Å². The van der Waals surface area contributed by atoms with Gasteiger partial charge in [-0.05, 0) is 34.1 Å². The lowest BCUT2D eigenvalue weighted by atomic mass is 10.3. The van der Waals surface area contributed by atoms with E-state index < -0.39 is 15.9 Å². The summed E-state index contributed by atoms with van der Waals surface area (Å²) in [4.78, 5) is 14.5. The zero-order chi connectivity index (χ0) is 15.8. The number of carbonyl (C=O) groups is 1. The van der Waals surface area contributed by atoms with Crippen LogP contribution in [0.15, 0.2) is 33.8 Å². The number of nitrogens with two attached hydrogens (primary N) is 1. The molecule has 1 aromatic heterocycles. The van der Waals surface area contributed by atoms with Gasteiger partial charge < -0.3 is 10.3 Å². The van der Waals surface area contributed by atoms with E-state index in [2.05, 4.69) is 26.2 Å². The van der Waals surface area contributed by atoms with Crippen molar-refractivity contribution in [1.29, 1.82) is 0 Å². The highest BCUT2D eigenvalue weighted by atomic mass is 79.9. The van der Waals surface area contributed by atoms with Gasteiger partial charge >= 0.3 is 0 Å². The number of hydrogen-bond donors (Lipinski definition) is 3. The highest BCUT2D eigenvalue weighted by molar-refractivity contribution is 9.10. The Labute approximate surface area is 138 Å². The van der Waals surface area contributed by atoms with E-state index in [0.29, 0.717) is 4.47 Å². The number of aromatic nitrogens is 1. The Hall–Kier alpha value is -1.06. The van der Waals surface area contributed by atoms with Gasteiger partial charge in [-0.3, -0.25) is 4.79 Å². The van der Waals surface area contributed by atoms with Crippen molar-refractivity contribution in [2.24, 2.45) is 5.14 Å². The van der Waals surface area contributed by atoms with Crippen LogP contribution in [0.1, 0.15) is 10.5 Å². The third-order valence-electron chi connectivity index (χ3n) is 2.48. The highest BCUT2D eigenvalue weighted by Crippen LogP contribution is 2.33. The number of carbonyl (C=O) groups excluding carboxylic acids is 1. The smallest absolute Gasteiger partial charge is 0.272 e. The van der Waals surface area contributed by atoms with Crippen LogP contribution in [0.5, 0.6) is 0 Å². The molecule has 0 aliphatic rings. The second-order valence-electron chi connectivity index (χ2n) is 3.99. The fourth-order valence-corrected chi connectivity index (χ4v) is 3.13. The first-order valence-electron chi connectivity index (χ1n) is 5.35. The monoisotopic (exact) mass is 411 g/mol. The molecule has 0 spiro atoms. The number of rotatable bonds is 3. The number of aromatic amines is 1. The van der Waals surface area contributed by atoms with Gasteiger partial charge in [0.25, 0.3) is 5.91 Å². The number of anilines is 1. The molecule has 0 fully saturated rings. The Balaban J connectivity index is 2.35. The van der Waals surface area contributed by atoms with Crippen LogP contribution < -0.4 is 10.5 Å². The van der Waals surface area contributed by atoms with Crippen molar-refractivity contribution in [1.82, 2.24) is 4.98 Å². The molecule has 112 valence electrons. The summed E-state index contributed by atoms with van der Waals surface area (Å²) in [6.07, 6.45) is 1.59. The summed E-state index contributed by atoms with van der Waals surface area (Å²) >= 11 is 15.1. The number of H-pyrrole nitrogens is 1. The minimum Gasteiger partial charge on any atom is -0.356 e. The summed E-state index contributed by atoms with van der Waals surface area (Å²) in [5.74, 6) is -0.479. The fourth-order valence-electron chi connectivity index (χ4n) is 1.51. The lowest BCUT2D eigenvalue weighted by Crippen LogP contribution is -2.15. The predicted molar refractivity (Wildman–Crippen MR) is 84.3 cm³/mol. The average molecular weight is 413 g/mol. The minimum atomic E-state index is -3.94. The van der Waals surface area contributed by atoms with Crippen molar-refractivity contribution in [3.8, 4) is 0 Å². The number of sulfonamides is 1. The maximum atomic E-state index is 12.0. The molecule has 0 aliphatic heterocycles. The van der Waals surface area contributed by atoms with Crippen LogP contribution in [0.4, 0.5) is 5.69 Å². The number of hydrogen-bond acceptors (Lipinski definition) is 3. The lowest BCUT2D eigenvalue weighted by Gasteiger charge is -2.10. The molecule has 10 heteroatoms. The third-order valence-corrected chi connectivity index (χ3v) is 4.42. The zero-order valence-corrected chi connectivity index (χ0v) is 14.1. The number of benzene rings is 1. The van der Waals surface area contributed by atoms with Crippen molar-refractivity contribution < 1.29 is 13.2 Å². The quantitative estimate of drug-likeness (QED) is 0.721. The topological polar surface area (TPSA) is 105 Å². The molecule has 1 amide bonds. The van der Waals surface area contributed by atoms with Crippen LogP contribution in [0.2, 0.25) is 10.0 Å². The Bertz CT molecular complexity index is 797. The summed E-state index contributed by atoms with van der Waals surface area (Å²) in [5.41, 5.74) is 0.381. The molecule has 21 heavy (non-hydrogen) atoms. The first-order chi connectivity index (χ1) is 9.68. The van der Waals surface area contributed by atoms with Crippen LogP contribution in [0.3, 0.4) is 0 Å². The highest BCUT2D eigenvalue weighted by Gasteiger charge is 2.17. The second kappa shape index (κ2) is 5.98. The summed E-state index contributed by atoms with van der Waals surface area (Å²) < 4.78 is 23.2. The van der Waals surface area contributed by atoms with Crippen LogP contribution in [0, 0.1) is 0 Å². The number of halogens is 3. The van der Waals surface area contributed by atoms with Crippen LogP contribution >= 0.6 is 39.1 Å². The molecule has 6 nitrogen and oxygen atoms in total. The van der Waals surface area contributed by atoms with Crippen molar-refractivity contribution in [3.63, 3.8) is 0 Å². The van der Waals surface area contributed by atoms with E-state index in [1.807, 2.05) is 0 Å². The third kappa shape index (κ3) is 3.78. The molecule has 0 aliphatic carbocycles. The van der Waals surface area contributed by atoms with Crippen molar-refractivity contribution in [2.75, 3.05) is 5.32 Å².